The third-order valence-corrected chi connectivity index (χ3v) is 10.9. The summed E-state index contributed by atoms with van der Waals surface area (Å²) in [5.41, 5.74) is 1.71. The quantitative estimate of drug-likeness (QED) is 0.198. The summed E-state index contributed by atoms with van der Waals surface area (Å²) in [6.45, 7) is 0. The summed E-state index contributed by atoms with van der Waals surface area (Å²) in [7, 11) is 2.29. The molecule has 0 saturated heterocycles. The number of phenols is 1. The summed E-state index contributed by atoms with van der Waals surface area (Å²) in [4.78, 5) is 42.5. The van der Waals surface area contributed by atoms with E-state index < -0.39 is 73.8 Å². The first-order valence-electron chi connectivity index (χ1n) is 12.8. The number of fused-ring (bicyclic) bond motifs is 3. The molecule has 3 aliphatic rings. The molecule has 1 aromatic heterocycles. The topological polar surface area (TPSA) is 211 Å². The summed E-state index contributed by atoms with van der Waals surface area (Å²) in [5.74, 6) is -7.84. The van der Waals surface area contributed by atoms with Gasteiger partial charge in [0.2, 0.25) is 5.78 Å². The number of thiophene rings is 1. The van der Waals surface area contributed by atoms with Crippen molar-refractivity contribution in [3.8, 4) is 5.75 Å². The minimum Gasteiger partial charge on any atom is -0.508 e. The highest BCUT2D eigenvalue weighted by Crippen LogP contribution is 2.54. The molecule has 7 N–H and O–H groups in total. The highest BCUT2D eigenvalue weighted by molar-refractivity contribution is 7.94. The van der Waals surface area contributed by atoms with E-state index in [2.05, 4.69) is 4.72 Å². The predicted octanol–water partition coefficient (Wildman–Crippen LogP) is 0.892. The Labute approximate surface area is 245 Å². The number of carbonyl (C=O) groups is 3. The molecular weight excluding hydrogens is 588 g/mol. The minimum atomic E-state index is -4.11. The molecule has 3 aliphatic carbocycles. The average Bonchev–Trinajstić information content (AvgIpc) is 3.43. The number of nitrogens with zero attached hydrogens (tertiary/aromatic N) is 2. The summed E-state index contributed by atoms with van der Waals surface area (Å²) < 4.78 is 28.3. The van der Waals surface area contributed by atoms with Gasteiger partial charge < -0.3 is 31.1 Å². The SMILES string of the molecule is CN(C)c1cc(NS(=O)(=O)c2cccs2)c(O)c2c1CC1CC3[C@H](N(C)C)C(=O)C(C(N)=O)=C(O)[C@@]3(O)C(=O)C1=C2O. The van der Waals surface area contributed by atoms with Crippen molar-refractivity contribution in [1.29, 1.82) is 0 Å². The van der Waals surface area contributed by atoms with Crippen LogP contribution in [0.5, 0.6) is 5.75 Å². The smallest absolute Gasteiger partial charge is 0.271 e. The van der Waals surface area contributed by atoms with Gasteiger partial charge in [-0.3, -0.25) is 24.0 Å². The van der Waals surface area contributed by atoms with Crippen LogP contribution in [-0.2, 0) is 30.8 Å². The molecule has 224 valence electrons. The van der Waals surface area contributed by atoms with E-state index in [1.165, 1.54) is 31.1 Å². The normalized spacial score (nSPS) is 25.7. The maximum Gasteiger partial charge on any atom is 0.271 e. The number of nitrogens with two attached hydrogens (primary N) is 1. The lowest BCUT2D eigenvalue weighted by molar-refractivity contribution is -0.153. The van der Waals surface area contributed by atoms with Gasteiger partial charge in [0.25, 0.3) is 15.9 Å². The van der Waals surface area contributed by atoms with Crippen LogP contribution in [0.3, 0.4) is 0 Å². The maximum absolute atomic E-state index is 14.0. The maximum atomic E-state index is 14.0. The van der Waals surface area contributed by atoms with Crippen molar-refractivity contribution < 1.29 is 43.2 Å². The second kappa shape index (κ2) is 9.83. The Morgan fingerprint density at radius 1 is 1.17 bits per heavy atom. The molecule has 1 fully saturated rings. The zero-order chi connectivity index (χ0) is 31.0. The molecule has 15 heteroatoms. The minimum absolute atomic E-state index is 0.0146. The summed E-state index contributed by atoms with van der Waals surface area (Å²) in [6.07, 6.45) is -0.000280. The van der Waals surface area contributed by atoms with Gasteiger partial charge in [-0.1, -0.05) is 6.07 Å². The van der Waals surface area contributed by atoms with E-state index >= 15 is 0 Å². The van der Waals surface area contributed by atoms with Gasteiger partial charge in [-0.2, -0.15) is 0 Å². The Kier molecular flexibility index (Phi) is 6.92. The van der Waals surface area contributed by atoms with Crippen molar-refractivity contribution in [2.75, 3.05) is 37.8 Å². The number of amides is 1. The molecular formula is C27H30N4O9S2. The van der Waals surface area contributed by atoms with Gasteiger partial charge in [0, 0.05) is 31.3 Å². The van der Waals surface area contributed by atoms with Gasteiger partial charge in [0.15, 0.2) is 17.1 Å². The first-order chi connectivity index (χ1) is 19.5. The van der Waals surface area contributed by atoms with Crippen molar-refractivity contribution in [3.05, 3.63) is 51.6 Å². The van der Waals surface area contributed by atoms with Crippen LogP contribution >= 0.6 is 11.3 Å². The number of aliphatic hydroxyl groups excluding tert-OH is 2. The Morgan fingerprint density at radius 3 is 2.38 bits per heavy atom. The van der Waals surface area contributed by atoms with Gasteiger partial charge in [0.1, 0.15) is 21.3 Å². The molecule has 1 amide bonds. The van der Waals surface area contributed by atoms with E-state index in [1.54, 1.807) is 30.4 Å². The third-order valence-electron chi connectivity index (χ3n) is 8.18. The highest BCUT2D eigenvalue weighted by atomic mass is 32.2. The summed E-state index contributed by atoms with van der Waals surface area (Å²) in [6, 6.07) is 3.15. The molecule has 0 spiro atoms. The molecule has 0 radical (unpaired) electrons. The van der Waals surface area contributed by atoms with Crippen LogP contribution in [0, 0.1) is 11.8 Å². The monoisotopic (exact) mass is 618 g/mol. The van der Waals surface area contributed by atoms with Crippen molar-refractivity contribution in [3.63, 3.8) is 0 Å². The Bertz CT molecular complexity index is 1710. The number of phenolic OH excluding ortho intramolecular Hbond substituents is 1. The third kappa shape index (κ3) is 4.10. The molecule has 4 atom stereocenters. The van der Waals surface area contributed by atoms with E-state index in [1.807, 2.05) is 0 Å². The fourth-order valence-electron chi connectivity index (χ4n) is 6.38. The number of Topliss-reactive ketones (excluding diaryl/α,β-unsaturated/α-hetero) is 2. The van der Waals surface area contributed by atoms with Crippen LogP contribution in [0.2, 0.25) is 0 Å². The lowest BCUT2D eigenvalue weighted by atomic mass is 9.57. The zero-order valence-electron chi connectivity index (χ0n) is 23.1. The summed E-state index contributed by atoms with van der Waals surface area (Å²) >= 11 is 0.963. The largest absolute Gasteiger partial charge is 0.508 e. The first kappa shape index (κ1) is 29.6. The highest BCUT2D eigenvalue weighted by Gasteiger charge is 2.64. The van der Waals surface area contributed by atoms with Crippen molar-refractivity contribution in [1.82, 2.24) is 4.90 Å². The number of rotatable bonds is 6. The van der Waals surface area contributed by atoms with Crippen molar-refractivity contribution in [2.24, 2.45) is 17.6 Å². The van der Waals surface area contributed by atoms with Gasteiger partial charge in [-0.15, -0.1) is 11.3 Å². The molecule has 0 bridgehead atoms. The molecule has 1 heterocycles. The summed E-state index contributed by atoms with van der Waals surface area (Å²) in [5, 5.41) is 47.1. The number of carbonyl (C=O) groups excluding carboxylic acids is 3. The molecule has 42 heavy (non-hydrogen) atoms. The molecule has 5 rings (SSSR count). The average molecular weight is 619 g/mol. The first-order valence-corrected chi connectivity index (χ1v) is 15.2. The second-order valence-corrected chi connectivity index (χ2v) is 13.9. The number of anilines is 2. The van der Waals surface area contributed by atoms with E-state index in [0.29, 0.717) is 11.3 Å². The lowest BCUT2D eigenvalue weighted by Gasteiger charge is -2.50. The van der Waals surface area contributed by atoms with E-state index in [-0.39, 0.29) is 33.9 Å². The molecule has 2 unspecified atom stereocenters. The van der Waals surface area contributed by atoms with Gasteiger partial charge in [0.05, 0.1) is 17.3 Å². The van der Waals surface area contributed by atoms with Crippen molar-refractivity contribution >= 4 is 56.0 Å². The second-order valence-electron chi connectivity index (χ2n) is 11.0. The van der Waals surface area contributed by atoms with E-state index in [4.69, 9.17) is 5.73 Å². The Balaban J connectivity index is 1.73. The zero-order valence-corrected chi connectivity index (χ0v) is 24.7. The molecule has 1 aromatic carbocycles. The fraction of sp³-hybridized carbons (Fsp3) is 0.370. The number of aromatic hydroxyl groups is 1. The van der Waals surface area contributed by atoms with Gasteiger partial charge in [-0.05, 0) is 55.9 Å². The van der Waals surface area contributed by atoms with E-state index in [0.717, 1.165) is 11.3 Å². The van der Waals surface area contributed by atoms with E-state index in [9.17, 15) is 43.2 Å². The number of primary amides is 1. The lowest BCUT2D eigenvalue weighted by Crippen LogP contribution is -2.65. The van der Waals surface area contributed by atoms with Crippen LogP contribution in [0.4, 0.5) is 11.4 Å². The number of likely N-dealkylation sites (N-methyl/N-ethyl adjacent to an activating group) is 1. The number of hydrogen-bond donors (Lipinski definition) is 6. The van der Waals surface area contributed by atoms with Crippen LogP contribution < -0.4 is 15.4 Å². The predicted molar refractivity (Wildman–Crippen MR) is 154 cm³/mol. The fourth-order valence-corrected chi connectivity index (χ4v) is 8.43. The number of aliphatic hydroxyl groups is 3. The number of sulfonamides is 1. The van der Waals surface area contributed by atoms with Crippen LogP contribution in [-0.4, -0.2) is 91.1 Å². The number of benzene rings is 1. The molecule has 1 saturated carbocycles. The molecule has 13 nitrogen and oxygen atoms in total. The van der Waals surface area contributed by atoms with Crippen LogP contribution in [0.1, 0.15) is 17.5 Å². The number of ketones is 2. The van der Waals surface area contributed by atoms with Gasteiger partial charge >= 0.3 is 0 Å². The standard InChI is InChI=1S/C27H30N4O9S2/c1-30(2)15-10-14(29-42(39,40)16-6-5-7-41-16)21(32)18-12(15)8-11-9-13-20(31(3)4)23(34)19(26(28)37)25(36)27(13,38)24(35)17(11)22(18)33/h5-7,10-11,13,20,29,32-33,36,38H,8-9H2,1-4H3,(H2,28,37)/t11?,13?,20-,27-/m0/s1. The van der Waals surface area contributed by atoms with Crippen molar-refractivity contribution in [2.45, 2.75) is 28.7 Å². The van der Waals surface area contributed by atoms with Gasteiger partial charge in [-0.25, -0.2) is 8.42 Å². The Hall–Kier alpha value is -3.92. The number of hydrogen-bond acceptors (Lipinski definition) is 12. The number of nitrogens with one attached hydrogen (secondary N) is 1. The molecule has 0 aliphatic heterocycles. The molecule has 2 aromatic rings. The Morgan fingerprint density at radius 2 is 1.83 bits per heavy atom. The van der Waals surface area contributed by atoms with Crippen LogP contribution in [0.15, 0.2) is 44.7 Å². The van der Waals surface area contributed by atoms with Crippen LogP contribution in [0.25, 0.3) is 5.76 Å².